The van der Waals surface area contributed by atoms with Gasteiger partial charge in [-0.2, -0.15) is 0 Å². The molecule has 0 aliphatic rings. The van der Waals surface area contributed by atoms with Gasteiger partial charge in [0.2, 0.25) is 0 Å². The number of nitrogens with zero attached hydrogens (tertiary/aromatic N) is 2. The van der Waals surface area contributed by atoms with Crippen LogP contribution in [0.5, 0.6) is 0 Å². The highest BCUT2D eigenvalue weighted by atomic mass is 16.4. The summed E-state index contributed by atoms with van der Waals surface area (Å²) in [6.07, 6.45) is 0. The van der Waals surface area contributed by atoms with E-state index in [0.717, 1.165) is 10.8 Å². The lowest BCUT2D eigenvalue weighted by molar-refractivity contribution is 0.0691. The molecule has 0 amide bonds. The molecule has 0 fully saturated rings. The topological polar surface area (TPSA) is 53.4 Å². The minimum Gasteiger partial charge on any atom is -0.477 e. The van der Waals surface area contributed by atoms with Crippen molar-refractivity contribution < 1.29 is 9.90 Å². The number of fused-ring (bicyclic) bond motifs is 1. The first-order valence-corrected chi connectivity index (χ1v) is 5.86. The van der Waals surface area contributed by atoms with Crippen molar-refractivity contribution in [3.63, 3.8) is 0 Å². The lowest BCUT2D eigenvalue weighted by Gasteiger charge is -2.24. The van der Waals surface area contributed by atoms with Crippen LogP contribution in [0.1, 0.15) is 24.3 Å². The Labute approximate surface area is 106 Å². The van der Waals surface area contributed by atoms with Gasteiger partial charge in [0.1, 0.15) is 5.82 Å². The monoisotopic (exact) mass is 244 g/mol. The fourth-order valence-electron chi connectivity index (χ4n) is 1.80. The van der Waals surface area contributed by atoms with Gasteiger partial charge in [0.25, 0.3) is 0 Å². The van der Waals surface area contributed by atoms with Crippen molar-refractivity contribution in [2.45, 2.75) is 19.9 Å². The highest BCUT2D eigenvalue weighted by Gasteiger charge is 2.15. The van der Waals surface area contributed by atoms with Gasteiger partial charge in [0.05, 0.1) is 0 Å². The van der Waals surface area contributed by atoms with Gasteiger partial charge in [-0.15, -0.1) is 0 Å². The standard InChI is InChI=1S/C14H16N2O2/c1-9(2)16(3)13-11-7-5-4-6-10(11)8-12(15-13)14(17)18/h4-9H,1-3H3,(H,17,18). The molecule has 0 aliphatic heterocycles. The third-order valence-corrected chi connectivity index (χ3v) is 3.05. The Balaban J connectivity index is 2.72. The first kappa shape index (κ1) is 12.4. The summed E-state index contributed by atoms with van der Waals surface area (Å²) < 4.78 is 0. The maximum atomic E-state index is 11.1. The Morgan fingerprint density at radius 2 is 2.00 bits per heavy atom. The number of carboxylic acids is 1. The summed E-state index contributed by atoms with van der Waals surface area (Å²) in [6.45, 7) is 4.09. The molecular weight excluding hydrogens is 228 g/mol. The first-order chi connectivity index (χ1) is 8.50. The van der Waals surface area contributed by atoms with Crippen molar-refractivity contribution in [1.82, 2.24) is 4.98 Å². The molecule has 0 radical (unpaired) electrons. The predicted molar refractivity (Wildman–Crippen MR) is 72.2 cm³/mol. The van der Waals surface area contributed by atoms with Crippen molar-refractivity contribution in [2.75, 3.05) is 11.9 Å². The number of carbonyl (C=O) groups is 1. The van der Waals surface area contributed by atoms with E-state index < -0.39 is 5.97 Å². The second-order valence-corrected chi connectivity index (χ2v) is 4.56. The molecule has 94 valence electrons. The number of aromatic carboxylic acids is 1. The summed E-state index contributed by atoms with van der Waals surface area (Å²) in [6, 6.07) is 9.55. The van der Waals surface area contributed by atoms with E-state index >= 15 is 0 Å². The minimum atomic E-state index is -1.00. The molecule has 4 nitrogen and oxygen atoms in total. The number of benzene rings is 1. The van der Waals surface area contributed by atoms with E-state index in [9.17, 15) is 4.79 Å². The average Bonchev–Trinajstić information content (AvgIpc) is 2.36. The largest absolute Gasteiger partial charge is 0.477 e. The molecule has 0 unspecified atom stereocenters. The van der Waals surface area contributed by atoms with Gasteiger partial charge in [0.15, 0.2) is 5.69 Å². The first-order valence-electron chi connectivity index (χ1n) is 5.86. The highest BCUT2D eigenvalue weighted by Crippen LogP contribution is 2.26. The van der Waals surface area contributed by atoms with Gasteiger partial charge >= 0.3 is 5.97 Å². The van der Waals surface area contributed by atoms with Gasteiger partial charge in [-0.3, -0.25) is 0 Å². The van der Waals surface area contributed by atoms with Crippen LogP contribution in [0, 0.1) is 0 Å². The maximum absolute atomic E-state index is 11.1. The second-order valence-electron chi connectivity index (χ2n) is 4.56. The number of rotatable bonds is 3. The van der Waals surface area contributed by atoms with Crippen LogP contribution in [-0.4, -0.2) is 29.1 Å². The molecule has 0 spiro atoms. The molecule has 0 bridgehead atoms. The van der Waals surface area contributed by atoms with Crippen LogP contribution in [0.3, 0.4) is 0 Å². The molecule has 2 aromatic rings. The quantitative estimate of drug-likeness (QED) is 0.902. The van der Waals surface area contributed by atoms with Crippen LogP contribution in [0.15, 0.2) is 30.3 Å². The van der Waals surface area contributed by atoms with Gasteiger partial charge < -0.3 is 10.0 Å². The van der Waals surface area contributed by atoms with Gasteiger partial charge in [-0.1, -0.05) is 24.3 Å². The number of hydrogen-bond acceptors (Lipinski definition) is 3. The Morgan fingerprint density at radius 3 is 2.61 bits per heavy atom. The van der Waals surface area contributed by atoms with Crippen LogP contribution in [0.25, 0.3) is 10.8 Å². The summed E-state index contributed by atoms with van der Waals surface area (Å²) in [7, 11) is 1.92. The molecule has 1 aromatic heterocycles. The summed E-state index contributed by atoms with van der Waals surface area (Å²) in [5.41, 5.74) is 0.0798. The van der Waals surface area contributed by atoms with Crippen LogP contribution in [0.2, 0.25) is 0 Å². The summed E-state index contributed by atoms with van der Waals surface area (Å²) >= 11 is 0. The summed E-state index contributed by atoms with van der Waals surface area (Å²) in [5, 5.41) is 11.0. The summed E-state index contributed by atoms with van der Waals surface area (Å²) in [4.78, 5) is 17.3. The van der Waals surface area contributed by atoms with Gasteiger partial charge in [-0.05, 0) is 25.3 Å². The SMILES string of the molecule is CC(C)N(C)c1nc(C(=O)O)cc2ccccc12. The predicted octanol–water partition coefficient (Wildman–Crippen LogP) is 2.78. The van der Waals surface area contributed by atoms with E-state index in [-0.39, 0.29) is 11.7 Å². The Hall–Kier alpha value is -2.10. The zero-order valence-corrected chi connectivity index (χ0v) is 10.7. The van der Waals surface area contributed by atoms with Crippen molar-refractivity contribution >= 4 is 22.6 Å². The summed E-state index contributed by atoms with van der Waals surface area (Å²) in [5.74, 6) is -0.292. The van der Waals surface area contributed by atoms with Crippen molar-refractivity contribution in [1.29, 1.82) is 0 Å². The van der Waals surface area contributed by atoms with E-state index in [2.05, 4.69) is 4.98 Å². The highest BCUT2D eigenvalue weighted by molar-refractivity contribution is 5.98. The third-order valence-electron chi connectivity index (χ3n) is 3.05. The molecule has 0 saturated carbocycles. The van der Waals surface area contributed by atoms with E-state index in [1.807, 2.05) is 50.1 Å². The molecule has 0 saturated heterocycles. The maximum Gasteiger partial charge on any atom is 0.354 e. The minimum absolute atomic E-state index is 0.0798. The van der Waals surface area contributed by atoms with E-state index in [1.165, 1.54) is 0 Å². The lowest BCUT2D eigenvalue weighted by atomic mass is 10.1. The van der Waals surface area contributed by atoms with Crippen LogP contribution < -0.4 is 4.90 Å². The van der Waals surface area contributed by atoms with Crippen molar-refractivity contribution in [2.24, 2.45) is 0 Å². The third kappa shape index (κ3) is 2.14. The Kier molecular flexibility index (Phi) is 3.19. The van der Waals surface area contributed by atoms with Gasteiger partial charge in [0, 0.05) is 18.5 Å². The molecule has 18 heavy (non-hydrogen) atoms. The number of hydrogen-bond donors (Lipinski definition) is 1. The fraction of sp³-hybridized carbons (Fsp3) is 0.286. The average molecular weight is 244 g/mol. The van der Waals surface area contributed by atoms with E-state index in [0.29, 0.717) is 5.82 Å². The van der Waals surface area contributed by atoms with E-state index in [4.69, 9.17) is 5.11 Å². The molecule has 1 aromatic carbocycles. The van der Waals surface area contributed by atoms with Crippen LogP contribution in [-0.2, 0) is 0 Å². The molecule has 0 aliphatic carbocycles. The van der Waals surface area contributed by atoms with E-state index in [1.54, 1.807) is 6.07 Å². The van der Waals surface area contributed by atoms with Crippen LogP contribution in [0.4, 0.5) is 5.82 Å². The van der Waals surface area contributed by atoms with Crippen molar-refractivity contribution in [3.05, 3.63) is 36.0 Å². The Bertz CT molecular complexity index is 593. The second kappa shape index (κ2) is 4.64. The lowest BCUT2D eigenvalue weighted by Crippen LogP contribution is -2.27. The smallest absolute Gasteiger partial charge is 0.354 e. The van der Waals surface area contributed by atoms with Gasteiger partial charge in [-0.25, -0.2) is 9.78 Å². The molecule has 1 N–H and O–H groups in total. The zero-order chi connectivity index (χ0) is 13.3. The molecule has 4 heteroatoms. The molecular formula is C14H16N2O2. The number of carboxylic acid groups (broad SMARTS) is 1. The molecule has 0 atom stereocenters. The normalized spacial score (nSPS) is 10.9. The van der Waals surface area contributed by atoms with Crippen LogP contribution >= 0.6 is 0 Å². The zero-order valence-electron chi connectivity index (χ0n) is 10.7. The van der Waals surface area contributed by atoms with Crippen molar-refractivity contribution in [3.8, 4) is 0 Å². The molecule has 1 heterocycles. The number of pyridine rings is 1. The fourth-order valence-corrected chi connectivity index (χ4v) is 1.80. The number of anilines is 1. The Morgan fingerprint density at radius 1 is 1.33 bits per heavy atom. The molecule has 2 rings (SSSR count). The number of aromatic nitrogens is 1.